The van der Waals surface area contributed by atoms with Gasteiger partial charge in [0.05, 0.1) is 0 Å². The summed E-state index contributed by atoms with van der Waals surface area (Å²) in [5, 5.41) is 2.64. The van der Waals surface area contributed by atoms with Gasteiger partial charge in [-0.1, -0.05) is 92.6 Å². The van der Waals surface area contributed by atoms with Gasteiger partial charge in [-0.05, 0) is 69.2 Å². The van der Waals surface area contributed by atoms with Crippen LogP contribution in [0.5, 0.6) is 0 Å². The second kappa shape index (κ2) is 16.9. The Kier molecular flexibility index (Phi) is 15.6. The second-order valence-electron chi connectivity index (χ2n) is 8.47. The molecule has 3 rings (SSSR count). The Bertz CT molecular complexity index is 937. The first-order valence-electron chi connectivity index (χ1n) is 11.9. The predicted octanol–water partition coefficient (Wildman–Crippen LogP) is 7.20. The van der Waals surface area contributed by atoms with Crippen LogP contribution in [-0.4, -0.2) is 49.4 Å². The van der Waals surface area contributed by atoms with E-state index in [4.69, 9.17) is 0 Å². The molecule has 0 spiro atoms. The maximum absolute atomic E-state index is 10.1. The third-order valence-corrected chi connectivity index (χ3v) is 5.54. The summed E-state index contributed by atoms with van der Waals surface area (Å²) in [6.45, 7) is 20.2. The van der Waals surface area contributed by atoms with Gasteiger partial charge in [-0.25, -0.2) is 0 Å². The molecule has 0 saturated carbocycles. The van der Waals surface area contributed by atoms with Crippen molar-refractivity contribution in [3.8, 4) is 0 Å². The summed E-state index contributed by atoms with van der Waals surface area (Å²) in [6, 6.07) is 21.4. The van der Waals surface area contributed by atoms with Gasteiger partial charge in [0.25, 0.3) is 0 Å². The molecule has 0 fully saturated rings. The van der Waals surface area contributed by atoms with Gasteiger partial charge in [0, 0.05) is 21.0 Å². The lowest BCUT2D eigenvalue weighted by molar-refractivity contribution is -0.126. The molecule has 0 N–H and O–H groups in total. The predicted molar refractivity (Wildman–Crippen MR) is 147 cm³/mol. The van der Waals surface area contributed by atoms with Crippen molar-refractivity contribution in [1.29, 1.82) is 0 Å². The molecule has 0 aliphatic heterocycles. The van der Waals surface area contributed by atoms with Crippen molar-refractivity contribution in [3.63, 3.8) is 0 Å². The zero-order chi connectivity index (χ0) is 25.4. The molecular weight excluding hydrogens is 404 g/mol. The molecule has 0 aromatic heterocycles. The number of fused-ring (bicyclic) bond motifs is 1. The lowest BCUT2D eigenvalue weighted by Crippen LogP contribution is -2.21. The van der Waals surface area contributed by atoms with E-state index >= 15 is 0 Å². The highest BCUT2D eigenvalue weighted by Crippen LogP contribution is 2.14. The number of amides is 1. The zero-order valence-electron chi connectivity index (χ0n) is 22.7. The van der Waals surface area contributed by atoms with Crippen molar-refractivity contribution >= 4 is 16.7 Å². The number of carbonyl (C=O) groups is 1. The molecule has 0 unspecified atom stereocenters. The molecule has 182 valence electrons. The highest BCUT2D eigenvalue weighted by atomic mass is 16.2. The first-order chi connectivity index (χ1) is 15.5. The molecule has 1 amide bonds. The van der Waals surface area contributed by atoms with Crippen molar-refractivity contribution in [2.45, 2.75) is 55.4 Å². The number of benzene rings is 3. The van der Waals surface area contributed by atoms with E-state index in [2.05, 4.69) is 114 Å². The fraction of sp³-hybridized carbons (Fsp3) is 0.433. The number of hydrogen-bond acceptors (Lipinski definition) is 2. The molecule has 0 heterocycles. The quantitative estimate of drug-likeness (QED) is 0.421. The molecule has 0 aliphatic rings. The third kappa shape index (κ3) is 13.5. The molecule has 33 heavy (non-hydrogen) atoms. The van der Waals surface area contributed by atoms with Crippen molar-refractivity contribution < 1.29 is 4.79 Å². The van der Waals surface area contributed by atoms with E-state index in [1.54, 1.807) is 14.1 Å². The molecule has 0 bridgehead atoms. The minimum atomic E-state index is 0.0926. The van der Waals surface area contributed by atoms with Gasteiger partial charge in [0.1, 0.15) is 0 Å². The third-order valence-electron chi connectivity index (χ3n) is 5.54. The smallest absolute Gasteiger partial charge is 0.218 e. The molecule has 0 saturated heterocycles. The monoisotopic (exact) mass is 450 g/mol. The SMILES string of the molecule is CC(=O)N(C)C.CCN(CC)CC.Cc1ccc(C)c(C)c1.Cc1ccc2ccccc2c1. The summed E-state index contributed by atoms with van der Waals surface area (Å²) in [5.41, 5.74) is 5.43. The highest BCUT2D eigenvalue weighted by Gasteiger charge is 1.91. The van der Waals surface area contributed by atoms with E-state index in [1.807, 2.05) is 0 Å². The van der Waals surface area contributed by atoms with Crippen LogP contribution in [0.2, 0.25) is 0 Å². The number of hydrogen-bond donors (Lipinski definition) is 0. The van der Waals surface area contributed by atoms with E-state index in [0.29, 0.717) is 0 Å². The van der Waals surface area contributed by atoms with E-state index in [0.717, 1.165) is 0 Å². The minimum Gasteiger partial charge on any atom is -0.349 e. The van der Waals surface area contributed by atoms with E-state index in [9.17, 15) is 4.79 Å². The molecular formula is C30H46N2O. The Morgan fingerprint density at radius 2 is 1.12 bits per heavy atom. The largest absolute Gasteiger partial charge is 0.349 e. The summed E-state index contributed by atoms with van der Waals surface area (Å²) in [7, 11) is 3.45. The van der Waals surface area contributed by atoms with Gasteiger partial charge in [-0.15, -0.1) is 0 Å². The van der Waals surface area contributed by atoms with Crippen LogP contribution >= 0.6 is 0 Å². The van der Waals surface area contributed by atoms with Gasteiger partial charge in [-0.3, -0.25) is 4.79 Å². The van der Waals surface area contributed by atoms with Crippen molar-refractivity contribution in [2.75, 3.05) is 33.7 Å². The first kappa shape index (κ1) is 30.4. The maximum atomic E-state index is 10.1. The average molecular weight is 451 g/mol. The van der Waals surface area contributed by atoms with Crippen LogP contribution in [0.1, 0.15) is 49.9 Å². The zero-order valence-corrected chi connectivity index (χ0v) is 22.7. The lowest BCUT2D eigenvalue weighted by Gasteiger charge is -2.13. The maximum Gasteiger partial charge on any atom is 0.218 e. The van der Waals surface area contributed by atoms with Crippen molar-refractivity contribution in [3.05, 3.63) is 82.9 Å². The molecule has 0 aliphatic carbocycles. The van der Waals surface area contributed by atoms with Crippen LogP contribution in [0.3, 0.4) is 0 Å². The Morgan fingerprint density at radius 1 is 0.667 bits per heavy atom. The van der Waals surface area contributed by atoms with Gasteiger partial charge in [0.15, 0.2) is 0 Å². The Labute approximate surface area is 203 Å². The van der Waals surface area contributed by atoms with Crippen molar-refractivity contribution in [1.82, 2.24) is 9.80 Å². The van der Waals surface area contributed by atoms with E-state index in [1.165, 1.54) is 64.5 Å². The van der Waals surface area contributed by atoms with Crippen LogP contribution in [-0.2, 0) is 4.79 Å². The number of nitrogens with zero attached hydrogens (tertiary/aromatic N) is 2. The van der Waals surface area contributed by atoms with Gasteiger partial charge < -0.3 is 9.80 Å². The summed E-state index contributed by atoms with van der Waals surface area (Å²) in [5.74, 6) is 0.0926. The van der Waals surface area contributed by atoms with Crippen LogP contribution in [0, 0.1) is 27.7 Å². The second-order valence-corrected chi connectivity index (χ2v) is 8.47. The van der Waals surface area contributed by atoms with Gasteiger partial charge in [-0.2, -0.15) is 0 Å². The Hall–Kier alpha value is -2.65. The average Bonchev–Trinajstić information content (AvgIpc) is 2.79. The van der Waals surface area contributed by atoms with Crippen LogP contribution in [0.4, 0.5) is 0 Å². The molecule has 3 aromatic rings. The minimum absolute atomic E-state index is 0.0926. The molecule has 3 aromatic carbocycles. The first-order valence-corrected chi connectivity index (χ1v) is 11.9. The summed E-state index contributed by atoms with van der Waals surface area (Å²) >= 11 is 0. The van der Waals surface area contributed by atoms with E-state index in [-0.39, 0.29) is 5.91 Å². The molecule has 0 atom stereocenters. The number of rotatable bonds is 3. The highest BCUT2D eigenvalue weighted by molar-refractivity contribution is 5.82. The fourth-order valence-corrected chi connectivity index (χ4v) is 2.87. The van der Waals surface area contributed by atoms with Gasteiger partial charge >= 0.3 is 0 Å². The molecule has 3 nitrogen and oxygen atoms in total. The van der Waals surface area contributed by atoms with Crippen molar-refractivity contribution in [2.24, 2.45) is 0 Å². The van der Waals surface area contributed by atoms with Crippen LogP contribution < -0.4 is 0 Å². The fourth-order valence-electron chi connectivity index (χ4n) is 2.87. The van der Waals surface area contributed by atoms with E-state index < -0.39 is 0 Å². The lowest BCUT2D eigenvalue weighted by atomic mass is 10.1. The summed E-state index contributed by atoms with van der Waals surface area (Å²) in [4.78, 5) is 14.0. The number of carbonyl (C=O) groups excluding carboxylic acids is 1. The Morgan fingerprint density at radius 3 is 1.52 bits per heavy atom. The Balaban J connectivity index is 0.000000428. The molecule has 3 heteroatoms. The summed E-state index contributed by atoms with van der Waals surface area (Å²) in [6.07, 6.45) is 0. The molecule has 0 radical (unpaired) electrons. The standard InChI is InChI=1S/C11H10.C9H12.C6H15N.C4H9NO/c1-9-6-7-10-4-2-3-5-11(10)8-9;1-7-4-5-8(2)9(3)6-7;1-4-7(5-2)6-3;1-4(6)5(2)3/h2-8H,1H3;4-6H,1-3H3;4-6H2,1-3H3;1-3H3. The normalized spacial score (nSPS) is 9.67. The topological polar surface area (TPSA) is 23.6 Å². The van der Waals surface area contributed by atoms with Crippen LogP contribution in [0.15, 0.2) is 60.7 Å². The van der Waals surface area contributed by atoms with Crippen LogP contribution in [0.25, 0.3) is 10.8 Å². The van der Waals surface area contributed by atoms with Gasteiger partial charge in [0.2, 0.25) is 5.91 Å². The summed E-state index contributed by atoms with van der Waals surface area (Å²) < 4.78 is 0. The number of aryl methyl sites for hydroxylation is 4.